The Morgan fingerprint density at radius 2 is 2.33 bits per heavy atom. The summed E-state index contributed by atoms with van der Waals surface area (Å²) in [6, 6.07) is 0.172. The van der Waals surface area contributed by atoms with E-state index in [4.69, 9.17) is 10.5 Å². The highest BCUT2D eigenvalue weighted by molar-refractivity contribution is 5.05. The van der Waals surface area contributed by atoms with E-state index in [-0.39, 0.29) is 6.04 Å². The Morgan fingerprint density at radius 1 is 1.53 bits per heavy atom. The molecule has 0 saturated carbocycles. The van der Waals surface area contributed by atoms with Crippen molar-refractivity contribution in [3.8, 4) is 0 Å². The SMILES string of the molecule is CCCOCCC(N)Cc1cnn(C)c1. The highest BCUT2D eigenvalue weighted by Crippen LogP contribution is 2.03. The van der Waals surface area contributed by atoms with Gasteiger partial charge in [-0.3, -0.25) is 4.68 Å². The van der Waals surface area contributed by atoms with Gasteiger partial charge in [0, 0.05) is 32.5 Å². The van der Waals surface area contributed by atoms with Gasteiger partial charge in [-0.1, -0.05) is 6.92 Å². The highest BCUT2D eigenvalue weighted by atomic mass is 16.5. The smallest absolute Gasteiger partial charge is 0.0522 e. The Kier molecular flexibility index (Phi) is 5.36. The molecule has 0 bridgehead atoms. The first kappa shape index (κ1) is 12.2. The zero-order valence-corrected chi connectivity index (χ0v) is 9.65. The predicted octanol–water partition coefficient (Wildman–Crippen LogP) is 1.11. The topological polar surface area (TPSA) is 53.1 Å². The summed E-state index contributed by atoms with van der Waals surface area (Å²) in [5.41, 5.74) is 7.18. The van der Waals surface area contributed by atoms with E-state index in [1.807, 2.05) is 19.4 Å². The van der Waals surface area contributed by atoms with Crippen molar-refractivity contribution in [2.24, 2.45) is 12.8 Å². The Labute approximate surface area is 91.4 Å². The van der Waals surface area contributed by atoms with Crippen molar-refractivity contribution < 1.29 is 4.74 Å². The van der Waals surface area contributed by atoms with E-state index < -0.39 is 0 Å². The van der Waals surface area contributed by atoms with Crippen LogP contribution in [0.4, 0.5) is 0 Å². The van der Waals surface area contributed by atoms with Crippen LogP contribution in [-0.2, 0) is 18.2 Å². The van der Waals surface area contributed by atoms with Crippen molar-refractivity contribution in [3.05, 3.63) is 18.0 Å². The van der Waals surface area contributed by atoms with E-state index in [2.05, 4.69) is 12.0 Å². The average molecular weight is 211 g/mol. The number of hydrogen-bond acceptors (Lipinski definition) is 3. The van der Waals surface area contributed by atoms with Gasteiger partial charge in [0.15, 0.2) is 0 Å². The molecule has 0 radical (unpaired) electrons. The van der Waals surface area contributed by atoms with Crippen LogP contribution in [0.5, 0.6) is 0 Å². The monoisotopic (exact) mass is 211 g/mol. The lowest BCUT2D eigenvalue weighted by molar-refractivity contribution is 0.127. The molecule has 1 rings (SSSR count). The fraction of sp³-hybridized carbons (Fsp3) is 0.727. The first-order chi connectivity index (χ1) is 7.22. The third kappa shape index (κ3) is 4.95. The maximum atomic E-state index is 5.98. The number of ether oxygens (including phenoxy) is 1. The predicted molar refractivity (Wildman–Crippen MR) is 60.6 cm³/mol. The molecule has 0 amide bonds. The van der Waals surface area contributed by atoms with Crippen LogP contribution in [-0.4, -0.2) is 29.0 Å². The quantitative estimate of drug-likeness (QED) is 0.687. The molecule has 0 aliphatic carbocycles. The molecular weight excluding hydrogens is 190 g/mol. The molecule has 2 N–H and O–H groups in total. The number of aromatic nitrogens is 2. The van der Waals surface area contributed by atoms with Crippen LogP contribution in [0.3, 0.4) is 0 Å². The molecule has 1 atom stereocenters. The molecule has 86 valence electrons. The maximum Gasteiger partial charge on any atom is 0.0522 e. The fourth-order valence-corrected chi connectivity index (χ4v) is 1.46. The van der Waals surface area contributed by atoms with Gasteiger partial charge in [-0.25, -0.2) is 0 Å². The maximum absolute atomic E-state index is 5.98. The van der Waals surface area contributed by atoms with E-state index in [9.17, 15) is 0 Å². The largest absolute Gasteiger partial charge is 0.381 e. The summed E-state index contributed by atoms with van der Waals surface area (Å²) in [7, 11) is 1.92. The van der Waals surface area contributed by atoms with E-state index in [0.717, 1.165) is 32.5 Å². The molecule has 0 saturated heterocycles. The fourth-order valence-electron chi connectivity index (χ4n) is 1.46. The van der Waals surface area contributed by atoms with Gasteiger partial charge < -0.3 is 10.5 Å². The Morgan fingerprint density at radius 3 is 2.93 bits per heavy atom. The van der Waals surface area contributed by atoms with Crippen LogP contribution in [0.25, 0.3) is 0 Å². The van der Waals surface area contributed by atoms with Crippen molar-refractivity contribution in [2.45, 2.75) is 32.2 Å². The van der Waals surface area contributed by atoms with Crippen LogP contribution in [0.2, 0.25) is 0 Å². The number of aryl methyl sites for hydroxylation is 1. The molecule has 0 aliphatic rings. The lowest BCUT2D eigenvalue weighted by atomic mass is 10.1. The zero-order valence-electron chi connectivity index (χ0n) is 9.65. The van der Waals surface area contributed by atoms with Crippen LogP contribution in [0.15, 0.2) is 12.4 Å². The lowest BCUT2D eigenvalue weighted by Crippen LogP contribution is -2.24. The summed E-state index contributed by atoms with van der Waals surface area (Å²) in [5.74, 6) is 0. The second-order valence-electron chi connectivity index (χ2n) is 3.89. The molecule has 1 aromatic rings. The highest BCUT2D eigenvalue weighted by Gasteiger charge is 2.05. The van der Waals surface area contributed by atoms with Crippen molar-refractivity contribution >= 4 is 0 Å². The summed E-state index contributed by atoms with van der Waals surface area (Å²) in [6.45, 7) is 3.70. The molecule has 4 heteroatoms. The standard InChI is InChI=1S/C11H21N3O/c1-3-5-15-6-4-11(12)7-10-8-13-14(2)9-10/h8-9,11H,3-7,12H2,1-2H3. The average Bonchev–Trinajstić information content (AvgIpc) is 2.59. The van der Waals surface area contributed by atoms with E-state index >= 15 is 0 Å². The number of nitrogens with zero attached hydrogens (tertiary/aromatic N) is 2. The summed E-state index contributed by atoms with van der Waals surface area (Å²) >= 11 is 0. The number of hydrogen-bond donors (Lipinski definition) is 1. The van der Waals surface area contributed by atoms with Gasteiger partial charge in [-0.15, -0.1) is 0 Å². The first-order valence-corrected chi connectivity index (χ1v) is 5.53. The molecule has 1 unspecified atom stereocenters. The first-order valence-electron chi connectivity index (χ1n) is 5.53. The Balaban J connectivity index is 2.15. The summed E-state index contributed by atoms with van der Waals surface area (Å²) < 4.78 is 7.20. The third-order valence-electron chi connectivity index (χ3n) is 2.24. The van der Waals surface area contributed by atoms with Gasteiger partial charge in [-0.05, 0) is 24.8 Å². The van der Waals surface area contributed by atoms with Gasteiger partial charge in [0.25, 0.3) is 0 Å². The van der Waals surface area contributed by atoms with E-state index in [1.165, 1.54) is 5.56 Å². The molecule has 0 aromatic carbocycles. The number of rotatable bonds is 7. The second-order valence-corrected chi connectivity index (χ2v) is 3.89. The Bertz CT molecular complexity index is 273. The van der Waals surface area contributed by atoms with Crippen molar-refractivity contribution in [1.29, 1.82) is 0 Å². The summed E-state index contributed by atoms with van der Waals surface area (Å²) in [6.07, 6.45) is 6.73. The minimum atomic E-state index is 0.172. The van der Waals surface area contributed by atoms with Gasteiger partial charge in [0.2, 0.25) is 0 Å². The van der Waals surface area contributed by atoms with Gasteiger partial charge in [0.1, 0.15) is 0 Å². The van der Waals surface area contributed by atoms with Crippen molar-refractivity contribution in [2.75, 3.05) is 13.2 Å². The zero-order chi connectivity index (χ0) is 11.1. The minimum Gasteiger partial charge on any atom is -0.381 e. The molecule has 15 heavy (non-hydrogen) atoms. The van der Waals surface area contributed by atoms with Crippen LogP contribution in [0, 0.1) is 0 Å². The molecule has 1 aromatic heterocycles. The van der Waals surface area contributed by atoms with Crippen molar-refractivity contribution in [1.82, 2.24) is 9.78 Å². The van der Waals surface area contributed by atoms with Gasteiger partial charge in [0.05, 0.1) is 6.20 Å². The molecule has 0 fully saturated rings. The Hall–Kier alpha value is -0.870. The molecule has 0 aliphatic heterocycles. The molecule has 4 nitrogen and oxygen atoms in total. The third-order valence-corrected chi connectivity index (χ3v) is 2.24. The van der Waals surface area contributed by atoms with Crippen LogP contribution >= 0.6 is 0 Å². The van der Waals surface area contributed by atoms with Crippen LogP contribution < -0.4 is 5.73 Å². The van der Waals surface area contributed by atoms with Crippen molar-refractivity contribution in [3.63, 3.8) is 0 Å². The summed E-state index contributed by atoms with van der Waals surface area (Å²) in [5, 5.41) is 4.11. The summed E-state index contributed by atoms with van der Waals surface area (Å²) in [4.78, 5) is 0. The normalized spacial score (nSPS) is 13.0. The van der Waals surface area contributed by atoms with Gasteiger partial charge >= 0.3 is 0 Å². The van der Waals surface area contributed by atoms with E-state index in [1.54, 1.807) is 4.68 Å². The molecular formula is C11H21N3O. The molecule has 0 spiro atoms. The van der Waals surface area contributed by atoms with E-state index in [0.29, 0.717) is 0 Å². The molecule has 1 heterocycles. The van der Waals surface area contributed by atoms with Gasteiger partial charge in [-0.2, -0.15) is 5.10 Å². The van der Waals surface area contributed by atoms with Crippen LogP contribution in [0.1, 0.15) is 25.3 Å². The number of nitrogens with two attached hydrogens (primary N) is 1. The second kappa shape index (κ2) is 6.58. The lowest BCUT2D eigenvalue weighted by Gasteiger charge is -2.10. The minimum absolute atomic E-state index is 0.172.